The van der Waals surface area contributed by atoms with E-state index in [0.717, 1.165) is 11.3 Å². The maximum Gasteiger partial charge on any atom is 0.248 e. The summed E-state index contributed by atoms with van der Waals surface area (Å²) >= 11 is 1.55. The van der Waals surface area contributed by atoms with Gasteiger partial charge in [0.25, 0.3) is 0 Å². The molecule has 114 valence electrons. The van der Waals surface area contributed by atoms with Crippen LogP contribution in [-0.2, 0) is 14.3 Å². The molecule has 2 amide bonds. The number of nitrogens with two attached hydrogens (primary N) is 1. The van der Waals surface area contributed by atoms with E-state index in [1.807, 2.05) is 37.3 Å². The summed E-state index contributed by atoms with van der Waals surface area (Å²) in [4.78, 5) is 26.6. The van der Waals surface area contributed by atoms with Crippen molar-refractivity contribution in [3.05, 3.63) is 30.3 Å². The highest BCUT2D eigenvalue weighted by atomic mass is 32.2. The lowest BCUT2D eigenvalue weighted by Gasteiger charge is -2.33. The van der Waals surface area contributed by atoms with Crippen LogP contribution in [-0.4, -0.2) is 47.8 Å². The summed E-state index contributed by atoms with van der Waals surface area (Å²) in [6, 6.07) is 9.85. The van der Waals surface area contributed by atoms with E-state index in [4.69, 9.17) is 10.5 Å². The number of carbonyl (C=O) groups excluding carboxylic acids is 2. The highest BCUT2D eigenvalue weighted by Crippen LogP contribution is 2.27. The number of hydrogen-bond donors (Lipinski definition) is 1. The molecule has 6 heteroatoms. The molecule has 2 unspecified atom stereocenters. The molecule has 0 radical (unpaired) electrons. The van der Waals surface area contributed by atoms with Gasteiger partial charge in [0.1, 0.15) is 0 Å². The molecular weight excluding hydrogens is 288 g/mol. The monoisotopic (exact) mass is 308 g/mol. The quantitative estimate of drug-likeness (QED) is 0.832. The molecule has 21 heavy (non-hydrogen) atoms. The van der Waals surface area contributed by atoms with Gasteiger partial charge in [0, 0.05) is 11.4 Å². The Balaban J connectivity index is 2.00. The van der Waals surface area contributed by atoms with Crippen molar-refractivity contribution in [1.29, 1.82) is 0 Å². The van der Waals surface area contributed by atoms with E-state index in [9.17, 15) is 9.59 Å². The van der Waals surface area contributed by atoms with E-state index in [1.54, 1.807) is 16.7 Å². The Labute approximate surface area is 128 Å². The zero-order valence-electron chi connectivity index (χ0n) is 12.0. The van der Waals surface area contributed by atoms with E-state index in [0.29, 0.717) is 13.2 Å². The summed E-state index contributed by atoms with van der Waals surface area (Å²) in [5.74, 6) is -0.475. The van der Waals surface area contributed by atoms with E-state index >= 15 is 0 Å². The first kappa shape index (κ1) is 15.9. The second kappa shape index (κ2) is 7.47. The predicted octanol–water partition coefficient (Wildman–Crippen LogP) is 1.27. The number of rotatable bonds is 5. The van der Waals surface area contributed by atoms with Gasteiger partial charge in [0.05, 0.1) is 18.4 Å². The Morgan fingerprint density at radius 1 is 1.43 bits per heavy atom. The molecule has 0 aliphatic carbocycles. The molecule has 1 aromatic rings. The summed E-state index contributed by atoms with van der Waals surface area (Å²) in [5.41, 5.74) is 5.25. The van der Waals surface area contributed by atoms with Gasteiger partial charge in [0.2, 0.25) is 11.8 Å². The van der Waals surface area contributed by atoms with Crippen molar-refractivity contribution in [1.82, 2.24) is 4.90 Å². The Morgan fingerprint density at radius 2 is 2.14 bits per heavy atom. The summed E-state index contributed by atoms with van der Waals surface area (Å²) in [5, 5.41) is -0.154. The Morgan fingerprint density at radius 3 is 2.76 bits per heavy atom. The fourth-order valence-electron chi connectivity index (χ4n) is 2.20. The average Bonchev–Trinajstić information content (AvgIpc) is 2.53. The molecule has 2 N–H and O–H groups in total. The standard InChI is InChI=1S/C15H20N2O3S/c1-2-13(21-11-6-4-3-5-7-11)15(19)17-8-9-20-12(10-17)14(16)18/h3-7,12-13H,2,8-10H2,1H3,(H2,16,18). The Hall–Kier alpha value is -1.53. The van der Waals surface area contributed by atoms with E-state index in [-0.39, 0.29) is 17.7 Å². The molecule has 5 nitrogen and oxygen atoms in total. The molecule has 0 spiro atoms. The fraction of sp³-hybridized carbons (Fsp3) is 0.467. The molecular formula is C15H20N2O3S. The molecule has 0 saturated carbocycles. The van der Waals surface area contributed by atoms with Crippen LogP contribution in [0.25, 0.3) is 0 Å². The fourth-order valence-corrected chi connectivity index (χ4v) is 3.26. The van der Waals surface area contributed by atoms with Crippen LogP contribution >= 0.6 is 11.8 Å². The van der Waals surface area contributed by atoms with Crippen molar-refractivity contribution in [2.45, 2.75) is 29.6 Å². The van der Waals surface area contributed by atoms with Gasteiger partial charge >= 0.3 is 0 Å². The topological polar surface area (TPSA) is 72.6 Å². The molecule has 1 saturated heterocycles. The van der Waals surface area contributed by atoms with E-state index < -0.39 is 12.0 Å². The third-order valence-corrected chi connectivity index (χ3v) is 4.73. The van der Waals surface area contributed by atoms with Gasteiger partial charge in [-0.25, -0.2) is 0 Å². The number of thioether (sulfide) groups is 1. The van der Waals surface area contributed by atoms with Crippen LogP contribution in [0, 0.1) is 0 Å². The number of amides is 2. The number of hydrogen-bond acceptors (Lipinski definition) is 4. The van der Waals surface area contributed by atoms with Crippen LogP contribution in [0.4, 0.5) is 0 Å². The van der Waals surface area contributed by atoms with Crippen LogP contribution in [0.15, 0.2) is 35.2 Å². The molecule has 1 aliphatic heterocycles. The van der Waals surface area contributed by atoms with Crippen molar-refractivity contribution in [3.8, 4) is 0 Å². The van der Waals surface area contributed by atoms with Crippen molar-refractivity contribution in [2.75, 3.05) is 19.7 Å². The van der Waals surface area contributed by atoms with Crippen LogP contribution in [0.3, 0.4) is 0 Å². The molecule has 0 bridgehead atoms. The molecule has 2 atom stereocenters. The van der Waals surface area contributed by atoms with Gasteiger partial charge in [-0.15, -0.1) is 11.8 Å². The smallest absolute Gasteiger partial charge is 0.248 e. The SMILES string of the molecule is CCC(Sc1ccccc1)C(=O)N1CCOC(C(N)=O)C1. The third kappa shape index (κ3) is 4.22. The normalized spacial score (nSPS) is 20.0. The summed E-state index contributed by atoms with van der Waals surface area (Å²) in [6.45, 7) is 3.10. The molecule has 1 aromatic carbocycles. The zero-order valence-corrected chi connectivity index (χ0v) is 12.8. The second-order valence-electron chi connectivity index (χ2n) is 4.87. The lowest BCUT2D eigenvalue weighted by molar-refractivity contribution is -0.145. The third-order valence-electron chi connectivity index (χ3n) is 3.36. The first-order valence-electron chi connectivity index (χ1n) is 7.03. The van der Waals surface area contributed by atoms with Crippen molar-refractivity contribution < 1.29 is 14.3 Å². The number of benzene rings is 1. The van der Waals surface area contributed by atoms with Gasteiger partial charge in [0.15, 0.2) is 6.10 Å². The highest BCUT2D eigenvalue weighted by Gasteiger charge is 2.31. The molecule has 2 rings (SSSR count). The first-order valence-corrected chi connectivity index (χ1v) is 7.91. The van der Waals surface area contributed by atoms with Crippen LogP contribution in [0.1, 0.15) is 13.3 Å². The van der Waals surface area contributed by atoms with Gasteiger partial charge < -0.3 is 15.4 Å². The van der Waals surface area contributed by atoms with Crippen LogP contribution in [0.5, 0.6) is 0 Å². The summed E-state index contributed by atoms with van der Waals surface area (Å²) in [6.07, 6.45) is 0.0405. The summed E-state index contributed by atoms with van der Waals surface area (Å²) in [7, 11) is 0. The molecule has 1 fully saturated rings. The Kier molecular flexibility index (Phi) is 5.64. The Bertz CT molecular complexity index is 495. The minimum atomic E-state index is -0.693. The van der Waals surface area contributed by atoms with Crippen LogP contribution in [0.2, 0.25) is 0 Å². The van der Waals surface area contributed by atoms with Gasteiger partial charge in [-0.3, -0.25) is 9.59 Å². The first-order chi connectivity index (χ1) is 10.1. The number of carbonyl (C=O) groups is 2. The zero-order chi connectivity index (χ0) is 15.2. The number of ether oxygens (including phenoxy) is 1. The predicted molar refractivity (Wildman–Crippen MR) is 81.9 cm³/mol. The second-order valence-corrected chi connectivity index (χ2v) is 6.15. The lowest BCUT2D eigenvalue weighted by atomic mass is 10.2. The number of nitrogens with zero attached hydrogens (tertiary/aromatic N) is 1. The highest BCUT2D eigenvalue weighted by molar-refractivity contribution is 8.00. The maximum absolute atomic E-state index is 12.6. The molecule has 0 aromatic heterocycles. The molecule has 1 aliphatic rings. The largest absolute Gasteiger partial charge is 0.367 e. The van der Waals surface area contributed by atoms with Crippen LogP contribution < -0.4 is 5.73 Å². The average molecular weight is 308 g/mol. The van der Waals surface area contributed by atoms with Crippen molar-refractivity contribution in [3.63, 3.8) is 0 Å². The maximum atomic E-state index is 12.6. The number of primary amides is 1. The minimum Gasteiger partial charge on any atom is -0.367 e. The van der Waals surface area contributed by atoms with Gasteiger partial charge in [-0.2, -0.15) is 0 Å². The van der Waals surface area contributed by atoms with Crippen molar-refractivity contribution in [2.24, 2.45) is 5.73 Å². The van der Waals surface area contributed by atoms with Gasteiger partial charge in [-0.1, -0.05) is 25.1 Å². The number of morpholine rings is 1. The van der Waals surface area contributed by atoms with E-state index in [1.165, 1.54) is 0 Å². The minimum absolute atomic E-state index is 0.0425. The summed E-state index contributed by atoms with van der Waals surface area (Å²) < 4.78 is 5.28. The van der Waals surface area contributed by atoms with E-state index in [2.05, 4.69) is 0 Å². The molecule has 1 heterocycles. The lowest BCUT2D eigenvalue weighted by Crippen LogP contribution is -2.52. The van der Waals surface area contributed by atoms with Gasteiger partial charge in [-0.05, 0) is 18.6 Å². The van der Waals surface area contributed by atoms with Crippen molar-refractivity contribution >= 4 is 23.6 Å².